The van der Waals surface area contributed by atoms with Crippen LogP contribution >= 0.6 is 0 Å². The highest BCUT2D eigenvalue weighted by Gasteiger charge is 2.18. The van der Waals surface area contributed by atoms with Gasteiger partial charge in [0, 0.05) is 17.0 Å². The van der Waals surface area contributed by atoms with Gasteiger partial charge in [0.15, 0.2) is 0 Å². The molecule has 0 atom stereocenters. The molecular weight excluding hydrogens is 258 g/mol. The summed E-state index contributed by atoms with van der Waals surface area (Å²) >= 11 is 0. The van der Waals surface area contributed by atoms with Gasteiger partial charge in [-0.15, -0.1) is 0 Å². The largest absolute Gasteiger partial charge is 0.459 e. The summed E-state index contributed by atoms with van der Waals surface area (Å²) in [5, 5.41) is 4.77. The molecule has 0 spiro atoms. The molecule has 1 aromatic carbocycles. The molecule has 2 aromatic rings. The van der Waals surface area contributed by atoms with Crippen molar-refractivity contribution in [2.45, 2.75) is 72.4 Å². The standard InChI is InChI=1S/C19H29NO/c1-7-8-15-16-11-14(19(4,5)6)9-10-17(16)21-18(15)12-20-13(2)3/h9-11,13,20H,7-8,12H2,1-6H3. The van der Waals surface area contributed by atoms with Gasteiger partial charge in [-0.1, -0.05) is 54.0 Å². The van der Waals surface area contributed by atoms with Crippen LogP contribution in [0.5, 0.6) is 0 Å². The molecule has 2 nitrogen and oxygen atoms in total. The summed E-state index contributed by atoms with van der Waals surface area (Å²) in [6.45, 7) is 14.2. The molecule has 0 radical (unpaired) electrons. The van der Waals surface area contributed by atoms with Crippen molar-refractivity contribution in [1.82, 2.24) is 5.32 Å². The van der Waals surface area contributed by atoms with Crippen molar-refractivity contribution in [2.75, 3.05) is 0 Å². The SMILES string of the molecule is CCCc1c(CNC(C)C)oc2ccc(C(C)(C)C)cc12. The zero-order chi connectivity index (χ0) is 15.6. The Morgan fingerprint density at radius 2 is 1.90 bits per heavy atom. The smallest absolute Gasteiger partial charge is 0.134 e. The number of fused-ring (bicyclic) bond motifs is 1. The number of furan rings is 1. The molecule has 0 saturated heterocycles. The molecule has 2 heteroatoms. The van der Waals surface area contributed by atoms with Crippen molar-refractivity contribution >= 4 is 11.0 Å². The Bertz CT molecular complexity index is 602. The Balaban J connectivity index is 2.48. The normalized spacial score (nSPS) is 12.5. The molecule has 0 amide bonds. The first kappa shape index (κ1) is 16.1. The van der Waals surface area contributed by atoms with Crippen molar-refractivity contribution in [3.63, 3.8) is 0 Å². The van der Waals surface area contributed by atoms with E-state index in [0.29, 0.717) is 6.04 Å². The van der Waals surface area contributed by atoms with Gasteiger partial charge >= 0.3 is 0 Å². The zero-order valence-electron chi connectivity index (χ0n) is 14.3. The summed E-state index contributed by atoms with van der Waals surface area (Å²) in [6.07, 6.45) is 2.22. The van der Waals surface area contributed by atoms with Crippen LogP contribution in [-0.2, 0) is 18.4 Å². The van der Waals surface area contributed by atoms with E-state index in [9.17, 15) is 0 Å². The molecule has 0 aliphatic heterocycles. The third-order valence-electron chi connectivity index (χ3n) is 3.91. The summed E-state index contributed by atoms with van der Waals surface area (Å²) in [5.41, 5.74) is 3.95. The van der Waals surface area contributed by atoms with E-state index in [1.807, 2.05) is 0 Å². The van der Waals surface area contributed by atoms with Crippen LogP contribution in [0.25, 0.3) is 11.0 Å². The number of aryl methyl sites for hydroxylation is 1. The minimum atomic E-state index is 0.172. The fraction of sp³-hybridized carbons (Fsp3) is 0.579. The van der Waals surface area contributed by atoms with Gasteiger partial charge in [0.05, 0.1) is 6.54 Å². The molecule has 1 aromatic heterocycles. The van der Waals surface area contributed by atoms with Crippen LogP contribution in [0.15, 0.2) is 22.6 Å². The minimum absolute atomic E-state index is 0.172. The van der Waals surface area contributed by atoms with Crippen molar-refractivity contribution in [1.29, 1.82) is 0 Å². The average molecular weight is 287 g/mol. The van der Waals surface area contributed by atoms with Gasteiger partial charge in [-0.25, -0.2) is 0 Å². The molecule has 0 aliphatic carbocycles. The van der Waals surface area contributed by atoms with E-state index >= 15 is 0 Å². The number of benzene rings is 1. The highest BCUT2D eigenvalue weighted by molar-refractivity contribution is 5.83. The minimum Gasteiger partial charge on any atom is -0.459 e. The van der Waals surface area contributed by atoms with Crippen LogP contribution in [0.1, 0.15) is 64.9 Å². The van der Waals surface area contributed by atoms with E-state index in [1.54, 1.807) is 0 Å². The first-order valence-electron chi connectivity index (χ1n) is 8.11. The maximum Gasteiger partial charge on any atom is 0.134 e. The second kappa shape index (κ2) is 6.23. The predicted molar refractivity (Wildman–Crippen MR) is 90.9 cm³/mol. The van der Waals surface area contributed by atoms with Gasteiger partial charge in [0.1, 0.15) is 11.3 Å². The summed E-state index contributed by atoms with van der Waals surface area (Å²) in [5.74, 6) is 1.10. The van der Waals surface area contributed by atoms with E-state index in [2.05, 4.69) is 65.1 Å². The Kier molecular flexibility index (Phi) is 4.77. The summed E-state index contributed by atoms with van der Waals surface area (Å²) in [7, 11) is 0. The topological polar surface area (TPSA) is 25.2 Å². The summed E-state index contributed by atoms with van der Waals surface area (Å²) in [4.78, 5) is 0. The molecule has 0 unspecified atom stereocenters. The third kappa shape index (κ3) is 3.68. The van der Waals surface area contributed by atoms with Crippen molar-refractivity contribution in [3.05, 3.63) is 35.1 Å². The summed E-state index contributed by atoms with van der Waals surface area (Å²) in [6, 6.07) is 7.12. The zero-order valence-corrected chi connectivity index (χ0v) is 14.3. The van der Waals surface area contributed by atoms with E-state index in [0.717, 1.165) is 30.7 Å². The second-order valence-electron chi connectivity index (χ2n) is 7.25. The van der Waals surface area contributed by atoms with Gasteiger partial charge in [-0.05, 0) is 29.5 Å². The lowest BCUT2D eigenvalue weighted by atomic mass is 9.86. The van der Waals surface area contributed by atoms with Crippen LogP contribution in [0.2, 0.25) is 0 Å². The molecule has 0 bridgehead atoms. The van der Waals surface area contributed by atoms with Crippen LogP contribution < -0.4 is 5.32 Å². The highest BCUT2D eigenvalue weighted by atomic mass is 16.3. The lowest BCUT2D eigenvalue weighted by Gasteiger charge is -2.18. The van der Waals surface area contributed by atoms with E-state index in [1.165, 1.54) is 16.5 Å². The van der Waals surface area contributed by atoms with E-state index in [-0.39, 0.29) is 5.41 Å². The fourth-order valence-corrected chi connectivity index (χ4v) is 2.63. The van der Waals surface area contributed by atoms with Crippen molar-refractivity contribution < 1.29 is 4.42 Å². The Morgan fingerprint density at radius 3 is 2.48 bits per heavy atom. The van der Waals surface area contributed by atoms with Gasteiger partial charge in [0.25, 0.3) is 0 Å². The maximum absolute atomic E-state index is 6.11. The van der Waals surface area contributed by atoms with E-state index < -0.39 is 0 Å². The average Bonchev–Trinajstić information content (AvgIpc) is 2.73. The predicted octanol–water partition coefficient (Wildman–Crippen LogP) is 5.18. The number of hydrogen-bond acceptors (Lipinski definition) is 2. The number of rotatable bonds is 5. The lowest BCUT2D eigenvalue weighted by Crippen LogP contribution is -2.22. The Morgan fingerprint density at radius 1 is 1.19 bits per heavy atom. The van der Waals surface area contributed by atoms with Crippen LogP contribution in [0, 0.1) is 0 Å². The lowest BCUT2D eigenvalue weighted by molar-refractivity contribution is 0.482. The molecule has 1 N–H and O–H groups in total. The first-order valence-corrected chi connectivity index (χ1v) is 8.11. The Hall–Kier alpha value is -1.28. The second-order valence-corrected chi connectivity index (χ2v) is 7.25. The Labute approximate surface area is 128 Å². The van der Waals surface area contributed by atoms with Gasteiger partial charge in [-0.2, -0.15) is 0 Å². The van der Waals surface area contributed by atoms with Crippen molar-refractivity contribution in [2.24, 2.45) is 0 Å². The quantitative estimate of drug-likeness (QED) is 0.819. The van der Waals surface area contributed by atoms with Crippen LogP contribution in [0.4, 0.5) is 0 Å². The maximum atomic E-state index is 6.11. The van der Waals surface area contributed by atoms with Crippen LogP contribution in [-0.4, -0.2) is 6.04 Å². The van der Waals surface area contributed by atoms with Gasteiger partial charge in [0.2, 0.25) is 0 Å². The molecular formula is C19H29NO. The summed E-state index contributed by atoms with van der Waals surface area (Å²) < 4.78 is 6.11. The number of hydrogen-bond donors (Lipinski definition) is 1. The van der Waals surface area contributed by atoms with Crippen LogP contribution in [0.3, 0.4) is 0 Å². The molecule has 0 saturated carbocycles. The fourth-order valence-electron chi connectivity index (χ4n) is 2.63. The van der Waals surface area contributed by atoms with Gasteiger partial charge in [-0.3, -0.25) is 0 Å². The van der Waals surface area contributed by atoms with E-state index in [4.69, 9.17) is 4.42 Å². The molecule has 0 aliphatic rings. The monoisotopic (exact) mass is 287 g/mol. The van der Waals surface area contributed by atoms with Gasteiger partial charge < -0.3 is 9.73 Å². The third-order valence-corrected chi connectivity index (χ3v) is 3.91. The first-order chi connectivity index (χ1) is 9.82. The molecule has 1 heterocycles. The molecule has 21 heavy (non-hydrogen) atoms. The highest BCUT2D eigenvalue weighted by Crippen LogP contribution is 2.32. The molecule has 2 rings (SSSR count). The van der Waals surface area contributed by atoms with Crippen molar-refractivity contribution in [3.8, 4) is 0 Å². The number of nitrogens with one attached hydrogen (secondary N) is 1. The molecule has 116 valence electrons. The molecule has 0 fully saturated rings.